The maximum Gasteiger partial charge on any atom is 0.308 e. The fraction of sp³-hybridized carbons (Fsp3) is 0.545. The number of amides is 1. The van der Waals surface area contributed by atoms with E-state index in [2.05, 4.69) is 14.9 Å². The van der Waals surface area contributed by atoms with Crippen molar-refractivity contribution in [1.29, 1.82) is 0 Å². The summed E-state index contributed by atoms with van der Waals surface area (Å²) in [7, 11) is 1.33. The van der Waals surface area contributed by atoms with E-state index < -0.39 is 0 Å². The van der Waals surface area contributed by atoms with E-state index in [4.69, 9.17) is 4.74 Å². The van der Waals surface area contributed by atoms with Crippen molar-refractivity contribution in [1.82, 2.24) is 15.1 Å². The number of esters is 1. The van der Waals surface area contributed by atoms with Crippen LogP contribution in [-0.2, 0) is 14.3 Å². The van der Waals surface area contributed by atoms with Crippen LogP contribution in [0.5, 0.6) is 0 Å². The molecule has 1 atom stereocenters. The number of morpholine rings is 1. The lowest BCUT2D eigenvalue weighted by Gasteiger charge is -2.32. The normalized spacial score (nSPS) is 19.6. The summed E-state index contributed by atoms with van der Waals surface area (Å²) in [6.45, 7) is 1.33. The average molecular weight is 253 g/mol. The summed E-state index contributed by atoms with van der Waals surface area (Å²) >= 11 is 0. The Bertz CT molecular complexity index is 418. The summed E-state index contributed by atoms with van der Waals surface area (Å²) in [5, 5.41) is 6.34. The number of hydrogen-bond acceptors (Lipinski definition) is 5. The molecule has 0 saturated carbocycles. The van der Waals surface area contributed by atoms with Gasteiger partial charge < -0.3 is 14.4 Å². The maximum absolute atomic E-state index is 12.1. The Hall–Kier alpha value is -1.89. The standard InChI is InChI=1S/C11H15N3O4/c1-17-10(15)4-9-7-14(2-3-18-9)11(16)8-5-12-13-6-8/h5-6,9H,2-4,7H2,1H3,(H,12,13). The van der Waals surface area contributed by atoms with E-state index in [9.17, 15) is 9.59 Å². The number of hydrogen-bond donors (Lipinski definition) is 1. The van der Waals surface area contributed by atoms with E-state index in [1.165, 1.54) is 13.3 Å². The molecule has 0 bridgehead atoms. The van der Waals surface area contributed by atoms with E-state index in [0.717, 1.165) is 0 Å². The molecule has 7 heteroatoms. The van der Waals surface area contributed by atoms with Gasteiger partial charge in [-0.3, -0.25) is 14.7 Å². The number of aromatic nitrogens is 2. The molecule has 0 spiro atoms. The van der Waals surface area contributed by atoms with Crippen LogP contribution in [-0.4, -0.2) is 59.9 Å². The van der Waals surface area contributed by atoms with Gasteiger partial charge >= 0.3 is 5.97 Å². The minimum atomic E-state index is -0.336. The lowest BCUT2D eigenvalue weighted by atomic mass is 10.2. The van der Waals surface area contributed by atoms with Crippen LogP contribution in [0.1, 0.15) is 16.8 Å². The number of nitrogens with one attached hydrogen (secondary N) is 1. The maximum atomic E-state index is 12.1. The second-order valence-electron chi connectivity index (χ2n) is 4.01. The molecule has 0 aliphatic carbocycles. The number of methoxy groups -OCH3 is 1. The van der Waals surface area contributed by atoms with Crippen LogP contribution in [0.4, 0.5) is 0 Å². The minimum Gasteiger partial charge on any atom is -0.469 e. The molecule has 2 rings (SSSR count). The van der Waals surface area contributed by atoms with Crippen molar-refractivity contribution in [3.63, 3.8) is 0 Å². The van der Waals surface area contributed by atoms with Crippen LogP contribution >= 0.6 is 0 Å². The molecule has 18 heavy (non-hydrogen) atoms. The molecule has 1 aliphatic rings. The second kappa shape index (κ2) is 5.63. The smallest absolute Gasteiger partial charge is 0.308 e. The molecule has 1 aromatic heterocycles. The van der Waals surface area contributed by atoms with Gasteiger partial charge in [-0.1, -0.05) is 0 Å². The number of H-pyrrole nitrogens is 1. The third-order valence-corrected chi connectivity index (χ3v) is 2.79. The predicted molar refractivity (Wildman–Crippen MR) is 60.9 cm³/mol. The van der Waals surface area contributed by atoms with Gasteiger partial charge in [-0.25, -0.2) is 0 Å². The summed E-state index contributed by atoms with van der Waals surface area (Å²) in [6, 6.07) is 0. The average Bonchev–Trinajstić information content (AvgIpc) is 2.92. The van der Waals surface area contributed by atoms with Gasteiger partial charge in [0, 0.05) is 19.3 Å². The van der Waals surface area contributed by atoms with Crippen LogP contribution in [0.2, 0.25) is 0 Å². The van der Waals surface area contributed by atoms with Crippen LogP contribution in [0, 0.1) is 0 Å². The Balaban J connectivity index is 1.94. The Morgan fingerprint density at radius 1 is 1.67 bits per heavy atom. The molecular formula is C11H15N3O4. The number of carbonyl (C=O) groups excluding carboxylic acids is 2. The number of rotatable bonds is 3. The van der Waals surface area contributed by atoms with Crippen molar-refractivity contribution in [2.24, 2.45) is 0 Å². The van der Waals surface area contributed by atoms with Crippen LogP contribution in [0.3, 0.4) is 0 Å². The van der Waals surface area contributed by atoms with Crippen LogP contribution in [0.15, 0.2) is 12.4 Å². The molecular weight excluding hydrogens is 238 g/mol. The first-order valence-electron chi connectivity index (χ1n) is 5.67. The molecule has 2 heterocycles. The highest BCUT2D eigenvalue weighted by molar-refractivity contribution is 5.93. The summed E-state index contributed by atoms with van der Waals surface area (Å²) in [4.78, 5) is 24.9. The SMILES string of the molecule is COC(=O)CC1CN(C(=O)c2cn[nH]c2)CCO1. The van der Waals surface area contributed by atoms with Gasteiger partial charge in [0.2, 0.25) is 0 Å². The zero-order valence-electron chi connectivity index (χ0n) is 10.1. The summed E-state index contributed by atoms with van der Waals surface area (Å²) in [6.07, 6.45) is 2.88. The topological polar surface area (TPSA) is 84.5 Å². The van der Waals surface area contributed by atoms with E-state index >= 15 is 0 Å². The monoisotopic (exact) mass is 253 g/mol. The first-order valence-corrected chi connectivity index (χ1v) is 5.67. The first kappa shape index (κ1) is 12.6. The van der Waals surface area contributed by atoms with Gasteiger partial charge in [0.15, 0.2) is 0 Å². The van der Waals surface area contributed by atoms with E-state index in [1.54, 1.807) is 11.1 Å². The Morgan fingerprint density at radius 3 is 3.17 bits per heavy atom. The second-order valence-corrected chi connectivity index (χ2v) is 4.01. The van der Waals surface area contributed by atoms with Crippen molar-refractivity contribution in [2.75, 3.05) is 26.8 Å². The molecule has 1 unspecified atom stereocenters. The van der Waals surface area contributed by atoms with E-state index in [1.807, 2.05) is 0 Å². The first-order chi connectivity index (χ1) is 8.70. The minimum absolute atomic E-state index is 0.109. The van der Waals surface area contributed by atoms with Crippen molar-refractivity contribution in [2.45, 2.75) is 12.5 Å². The summed E-state index contributed by atoms with van der Waals surface area (Å²) in [5.41, 5.74) is 0.508. The van der Waals surface area contributed by atoms with Crippen LogP contribution in [0.25, 0.3) is 0 Å². The number of aromatic amines is 1. The molecule has 0 radical (unpaired) electrons. The highest BCUT2D eigenvalue weighted by Crippen LogP contribution is 2.12. The lowest BCUT2D eigenvalue weighted by molar-refractivity contribution is -0.145. The van der Waals surface area contributed by atoms with Crippen LogP contribution < -0.4 is 0 Å². The molecule has 0 aromatic carbocycles. The largest absolute Gasteiger partial charge is 0.469 e. The summed E-state index contributed by atoms with van der Waals surface area (Å²) in [5.74, 6) is -0.445. The molecule has 1 saturated heterocycles. The van der Waals surface area contributed by atoms with Gasteiger partial charge in [-0.05, 0) is 0 Å². The van der Waals surface area contributed by atoms with Gasteiger partial charge in [-0.2, -0.15) is 5.10 Å². The van der Waals surface area contributed by atoms with E-state index in [-0.39, 0.29) is 24.4 Å². The quantitative estimate of drug-likeness (QED) is 0.755. The molecule has 1 fully saturated rings. The predicted octanol–water partition coefficient (Wildman–Crippen LogP) is -0.186. The number of ether oxygens (including phenoxy) is 2. The fourth-order valence-corrected chi connectivity index (χ4v) is 1.85. The number of carbonyl (C=O) groups is 2. The van der Waals surface area contributed by atoms with Crippen molar-refractivity contribution in [3.05, 3.63) is 18.0 Å². The molecule has 98 valence electrons. The summed E-state index contributed by atoms with van der Waals surface area (Å²) < 4.78 is 10.0. The highest BCUT2D eigenvalue weighted by Gasteiger charge is 2.27. The van der Waals surface area contributed by atoms with Gasteiger partial charge in [-0.15, -0.1) is 0 Å². The van der Waals surface area contributed by atoms with Crippen molar-refractivity contribution >= 4 is 11.9 Å². The van der Waals surface area contributed by atoms with Crippen molar-refractivity contribution < 1.29 is 19.1 Å². The zero-order chi connectivity index (χ0) is 13.0. The number of nitrogens with zero attached hydrogens (tertiary/aromatic N) is 2. The molecule has 1 N–H and O–H groups in total. The Labute approximate surface area is 104 Å². The fourth-order valence-electron chi connectivity index (χ4n) is 1.85. The zero-order valence-corrected chi connectivity index (χ0v) is 10.1. The highest BCUT2D eigenvalue weighted by atomic mass is 16.5. The van der Waals surface area contributed by atoms with Gasteiger partial charge in [0.1, 0.15) is 0 Å². The lowest BCUT2D eigenvalue weighted by Crippen LogP contribution is -2.46. The van der Waals surface area contributed by atoms with Gasteiger partial charge in [0.05, 0.1) is 38.0 Å². The molecule has 7 nitrogen and oxygen atoms in total. The Kier molecular flexibility index (Phi) is 3.93. The molecule has 1 aromatic rings. The van der Waals surface area contributed by atoms with Gasteiger partial charge in [0.25, 0.3) is 5.91 Å². The van der Waals surface area contributed by atoms with Crippen molar-refractivity contribution in [3.8, 4) is 0 Å². The third-order valence-electron chi connectivity index (χ3n) is 2.79. The molecule has 1 amide bonds. The van der Waals surface area contributed by atoms with E-state index in [0.29, 0.717) is 25.3 Å². The molecule has 1 aliphatic heterocycles. The Morgan fingerprint density at radius 2 is 2.50 bits per heavy atom. The third kappa shape index (κ3) is 2.86.